The van der Waals surface area contributed by atoms with Crippen LogP contribution in [0, 0.1) is 0 Å². The quantitative estimate of drug-likeness (QED) is 0.751. The average Bonchev–Trinajstić information content (AvgIpc) is 2.85. The molecule has 3 amide bonds. The van der Waals surface area contributed by atoms with Crippen LogP contribution in [0.15, 0.2) is 54.6 Å². The van der Waals surface area contributed by atoms with Crippen molar-refractivity contribution < 1.29 is 14.3 Å². The van der Waals surface area contributed by atoms with Gasteiger partial charge in [0.15, 0.2) is 0 Å². The Labute approximate surface area is 189 Å². The number of rotatable bonds is 5. The lowest BCUT2D eigenvalue weighted by atomic mass is 9.89. The van der Waals surface area contributed by atoms with E-state index in [1.165, 1.54) is 0 Å². The van der Waals surface area contributed by atoms with E-state index in [9.17, 15) is 9.59 Å². The van der Waals surface area contributed by atoms with Crippen LogP contribution in [0.4, 0.5) is 10.5 Å². The summed E-state index contributed by atoms with van der Waals surface area (Å²) in [6, 6.07) is 17.0. The molecule has 7 heteroatoms. The van der Waals surface area contributed by atoms with Crippen molar-refractivity contribution >= 4 is 17.6 Å². The second-order valence-corrected chi connectivity index (χ2v) is 8.54. The Kier molecular flexibility index (Phi) is 7.39. The van der Waals surface area contributed by atoms with Crippen molar-refractivity contribution in [1.29, 1.82) is 0 Å². The lowest BCUT2D eigenvalue weighted by Gasteiger charge is -2.38. The molecule has 2 unspecified atom stereocenters. The first kappa shape index (κ1) is 22.3. The predicted molar refractivity (Wildman–Crippen MR) is 124 cm³/mol. The molecule has 7 nitrogen and oxygen atoms in total. The number of anilines is 1. The molecule has 2 fully saturated rings. The van der Waals surface area contributed by atoms with Gasteiger partial charge in [-0.05, 0) is 42.7 Å². The summed E-state index contributed by atoms with van der Waals surface area (Å²) in [5, 5.41) is 2.94. The maximum atomic E-state index is 13.4. The Hall–Kier alpha value is -2.90. The standard InChI is InChI=1S/C25H32N4O3/c26-22-8-4-5-9-23(22)29(24(30)20-6-2-1-3-7-20)18-19-10-12-21(13-11-19)27-25(31)28-14-16-32-17-15-28/h1-3,6-7,10-13,22-23H,4-5,8-9,14-18,26H2,(H,27,31). The fourth-order valence-corrected chi connectivity index (χ4v) is 4.47. The lowest BCUT2D eigenvalue weighted by Crippen LogP contribution is -2.51. The summed E-state index contributed by atoms with van der Waals surface area (Å²) in [6.07, 6.45) is 4.06. The van der Waals surface area contributed by atoms with Crippen LogP contribution in [-0.4, -0.2) is 60.1 Å². The van der Waals surface area contributed by atoms with Gasteiger partial charge in [-0.15, -0.1) is 0 Å². The zero-order valence-electron chi connectivity index (χ0n) is 18.4. The summed E-state index contributed by atoms with van der Waals surface area (Å²) in [5.74, 6) is 0.0117. The molecule has 0 radical (unpaired) electrons. The van der Waals surface area contributed by atoms with E-state index in [2.05, 4.69) is 5.32 Å². The molecule has 3 N–H and O–H groups in total. The third kappa shape index (κ3) is 5.47. The maximum absolute atomic E-state index is 13.4. The minimum absolute atomic E-state index is 0.0107. The van der Waals surface area contributed by atoms with Crippen LogP contribution in [0.5, 0.6) is 0 Å². The third-order valence-corrected chi connectivity index (χ3v) is 6.32. The van der Waals surface area contributed by atoms with Gasteiger partial charge < -0.3 is 25.6 Å². The van der Waals surface area contributed by atoms with Gasteiger partial charge >= 0.3 is 6.03 Å². The molecule has 1 aliphatic heterocycles. The van der Waals surface area contributed by atoms with E-state index in [0.717, 1.165) is 36.9 Å². The van der Waals surface area contributed by atoms with Gasteiger partial charge in [-0.25, -0.2) is 4.79 Å². The fourth-order valence-electron chi connectivity index (χ4n) is 4.47. The summed E-state index contributed by atoms with van der Waals surface area (Å²) in [5.41, 5.74) is 8.87. The number of morpholine rings is 1. The van der Waals surface area contributed by atoms with Crippen molar-refractivity contribution in [3.05, 3.63) is 65.7 Å². The Morgan fingerprint density at radius 2 is 1.69 bits per heavy atom. The first-order chi connectivity index (χ1) is 15.6. The molecule has 2 aliphatic rings. The van der Waals surface area contributed by atoms with Crippen molar-refractivity contribution in [3.8, 4) is 0 Å². The number of urea groups is 1. The molecule has 2 atom stereocenters. The van der Waals surface area contributed by atoms with Crippen LogP contribution in [0.3, 0.4) is 0 Å². The maximum Gasteiger partial charge on any atom is 0.321 e. The number of ether oxygens (including phenoxy) is 1. The number of carbonyl (C=O) groups excluding carboxylic acids is 2. The number of carbonyl (C=O) groups is 2. The first-order valence-electron chi connectivity index (χ1n) is 11.5. The van der Waals surface area contributed by atoms with Crippen LogP contribution in [0.1, 0.15) is 41.6 Å². The van der Waals surface area contributed by atoms with Gasteiger partial charge in [-0.2, -0.15) is 0 Å². The second kappa shape index (κ2) is 10.6. The van der Waals surface area contributed by atoms with E-state index < -0.39 is 0 Å². The fraction of sp³-hybridized carbons (Fsp3) is 0.440. The van der Waals surface area contributed by atoms with Gasteiger partial charge in [0.2, 0.25) is 0 Å². The van der Waals surface area contributed by atoms with Gasteiger partial charge in [0, 0.05) is 43.0 Å². The highest BCUT2D eigenvalue weighted by molar-refractivity contribution is 5.94. The second-order valence-electron chi connectivity index (χ2n) is 8.54. The smallest absolute Gasteiger partial charge is 0.321 e. The van der Waals surface area contributed by atoms with Crippen LogP contribution in [0.25, 0.3) is 0 Å². The molecule has 1 aliphatic carbocycles. The van der Waals surface area contributed by atoms with Gasteiger partial charge in [-0.3, -0.25) is 4.79 Å². The number of benzene rings is 2. The summed E-state index contributed by atoms with van der Waals surface area (Å²) in [4.78, 5) is 29.5. The average molecular weight is 437 g/mol. The molecule has 4 rings (SSSR count). The number of nitrogens with zero attached hydrogens (tertiary/aromatic N) is 2. The van der Waals surface area contributed by atoms with E-state index in [1.54, 1.807) is 4.90 Å². The van der Waals surface area contributed by atoms with Crippen molar-refractivity contribution in [3.63, 3.8) is 0 Å². The molecule has 170 valence electrons. The Bertz CT molecular complexity index is 897. The number of hydrogen-bond donors (Lipinski definition) is 2. The molecule has 2 aromatic carbocycles. The molecule has 1 saturated carbocycles. The number of hydrogen-bond acceptors (Lipinski definition) is 4. The molecule has 32 heavy (non-hydrogen) atoms. The van der Waals surface area contributed by atoms with Crippen LogP contribution in [-0.2, 0) is 11.3 Å². The third-order valence-electron chi connectivity index (χ3n) is 6.32. The van der Waals surface area contributed by atoms with E-state index in [-0.39, 0.29) is 24.0 Å². The molecule has 0 aromatic heterocycles. The van der Waals surface area contributed by atoms with Crippen molar-refractivity contribution in [2.75, 3.05) is 31.6 Å². The highest BCUT2D eigenvalue weighted by atomic mass is 16.5. The normalized spacial score (nSPS) is 21.1. The van der Waals surface area contributed by atoms with E-state index in [1.807, 2.05) is 59.5 Å². The first-order valence-corrected chi connectivity index (χ1v) is 11.5. The van der Waals surface area contributed by atoms with Gasteiger partial charge in [-0.1, -0.05) is 43.2 Å². The zero-order chi connectivity index (χ0) is 22.3. The summed E-state index contributed by atoms with van der Waals surface area (Å²) in [6.45, 7) is 2.83. The molecule has 1 saturated heterocycles. The molecular weight excluding hydrogens is 404 g/mol. The largest absolute Gasteiger partial charge is 0.378 e. The topological polar surface area (TPSA) is 87.9 Å². The monoisotopic (exact) mass is 436 g/mol. The van der Waals surface area contributed by atoms with Gasteiger partial charge in [0.05, 0.1) is 13.2 Å². The van der Waals surface area contributed by atoms with Crippen molar-refractivity contribution in [2.45, 2.75) is 44.3 Å². The Balaban J connectivity index is 1.46. The van der Waals surface area contributed by atoms with E-state index in [4.69, 9.17) is 10.5 Å². The molecular formula is C25H32N4O3. The Morgan fingerprint density at radius 3 is 2.38 bits per heavy atom. The van der Waals surface area contributed by atoms with E-state index >= 15 is 0 Å². The summed E-state index contributed by atoms with van der Waals surface area (Å²) in [7, 11) is 0. The number of nitrogens with two attached hydrogens (primary N) is 1. The van der Waals surface area contributed by atoms with Crippen LogP contribution >= 0.6 is 0 Å². The van der Waals surface area contributed by atoms with Crippen molar-refractivity contribution in [2.24, 2.45) is 5.73 Å². The molecule has 2 aromatic rings. The van der Waals surface area contributed by atoms with Gasteiger partial charge in [0.1, 0.15) is 0 Å². The van der Waals surface area contributed by atoms with Gasteiger partial charge in [0.25, 0.3) is 5.91 Å². The highest BCUT2D eigenvalue weighted by Crippen LogP contribution is 2.26. The number of amides is 3. The van der Waals surface area contributed by atoms with Crippen LogP contribution in [0.2, 0.25) is 0 Å². The van der Waals surface area contributed by atoms with Crippen molar-refractivity contribution in [1.82, 2.24) is 9.80 Å². The predicted octanol–water partition coefficient (Wildman–Crippen LogP) is 3.46. The molecule has 1 heterocycles. The minimum atomic E-state index is -0.116. The van der Waals surface area contributed by atoms with E-state index in [0.29, 0.717) is 38.4 Å². The zero-order valence-corrected chi connectivity index (χ0v) is 18.4. The molecule has 0 spiro atoms. The lowest BCUT2D eigenvalue weighted by molar-refractivity contribution is 0.0564. The Morgan fingerprint density at radius 1 is 1.00 bits per heavy atom. The highest BCUT2D eigenvalue weighted by Gasteiger charge is 2.31. The molecule has 0 bridgehead atoms. The summed E-state index contributed by atoms with van der Waals surface area (Å²) >= 11 is 0. The minimum Gasteiger partial charge on any atom is -0.378 e. The van der Waals surface area contributed by atoms with Crippen LogP contribution < -0.4 is 11.1 Å². The SMILES string of the molecule is NC1CCCCC1N(Cc1ccc(NC(=O)N2CCOCC2)cc1)C(=O)c1ccccc1. The summed E-state index contributed by atoms with van der Waals surface area (Å²) < 4.78 is 5.30. The number of nitrogens with one attached hydrogen (secondary N) is 1.